The monoisotopic (exact) mass is 367 g/mol. The van der Waals surface area contributed by atoms with Crippen LogP contribution in [0, 0.1) is 19.7 Å². The van der Waals surface area contributed by atoms with Crippen molar-refractivity contribution in [1.29, 1.82) is 0 Å². The van der Waals surface area contributed by atoms with Crippen LogP contribution in [0.25, 0.3) is 16.7 Å². The Morgan fingerprint density at radius 3 is 2.37 bits per heavy atom. The highest BCUT2D eigenvalue weighted by Crippen LogP contribution is 2.28. The molecule has 1 heterocycles. The zero-order valence-electron chi connectivity index (χ0n) is 14.9. The van der Waals surface area contributed by atoms with Crippen LogP contribution >= 0.6 is 0 Å². The van der Waals surface area contributed by atoms with Gasteiger partial charge in [0.2, 0.25) is 0 Å². The first-order valence-corrected chi connectivity index (χ1v) is 8.28. The van der Waals surface area contributed by atoms with Gasteiger partial charge in [-0.2, -0.15) is 0 Å². The minimum Gasteiger partial charge on any atom is -0.507 e. The average Bonchev–Trinajstić information content (AvgIpc) is 2.91. The number of ketones is 1. The zero-order valence-corrected chi connectivity index (χ0v) is 14.9. The number of carboxylic acids is 1. The third-order valence-electron chi connectivity index (χ3n) is 4.23. The molecule has 3 aromatic rings. The maximum atomic E-state index is 13.7. The second kappa shape index (κ2) is 7.07. The number of hydrogen-bond acceptors (Lipinski definition) is 3. The Hall–Kier alpha value is -3.41. The Morgan fingerprint density at radius 2 is 1.74 bits per heavy atom. The Morgan fingerprint density at radius 1 is 1.07 bits per heavy atom. The maximum Gasteiger partial charge on any atom is 0.376 e. The molecule has 0 aliphatic rings. The maximum absolute atomic E-state index is 13.7. The molecule has 2 N–H and O–H groups in total. The van der Waals surface area contributed by atoms with Crippen molar-refractivity contribution >= 4 is 28.4 Å². The molecule has 0 unspecified atom stereocenters. The van der Waals surface area contributed by atoms with Crippen LogP contribution in [0.1, 0.15) is 22.3 Å². The SMILES string of the molecule is Cc1cc(C)cc(Cn2cc(/C(O)=C/C(=O)C(=O)O)c3cc(F)ccc32)c1. The summed E-state index contributed by atoms with van der Waals surface area (Å²) in [6, 6.07) is 10.3. The van der Waals surface area contributed by atoms with Gasteiger partial charge in [-0.3, -0.25) is 4.79 Å². The van der Waals surface area contributed by atoms with Gasteiger partial charge in [0.25, 0.3) is 5.78 Å². The van der Waals surface area contributed by atoms with E-state index < -0.39 is 23.3 Å². The van der Waals surface area contributed by atoms with Crippen molar-refractivity contribution in [2.45, 2.75) is 20.4 Å². The highest BCUT2D eigenvalue weighted by atomic mass is 19.1. The second-order valence-corrected chi connectivity index (χ2v) is 6.53. The molecular formula is C21H18FNO4. The first kappa shape index (κ1) is 18.4. The Bertz CT molecular complexity index is 1070. The number of hydrogen-bond donors (Lipinski definition) is 2. The van der Waals surface area contributed by atoms with E-state index in [1.165, 1.54) is 12.1 Å². The van der Waals surface area contributed by atoms with Crippen LogP contribution in [0.4, 0.5) is 4.39 Å². The molecule has 0 atom stereocenters. The predicted molar refractivity (Wildman–Crippen MR) is 100 cm³/mol. The van der Waals surface area contributed by atoms with E-state index in [1.54, 1.807) is 12.3 Å². The molecule has 0 spiro atoms. The minimum absolute atomic E-state index is 0.198. The number of aliphatic hydroxyl groups excluding tert-OH is 1. The van der Waals surface area contributed by atoms with E-state index in [9.17, 15) is 19.1 Å². The molecule has 0 fully saturated rings. The molecule has 0 bridgehead atoms. The molecule has 0 saturated heterocycles. The molecule has 0 saturated carbocycles. The lowest BCUT2D eigenvalue weighted by atomic mass is 10.1. The summed E-state index contributed by atoms with van der Waals surface area (Å²) in [6.07, 6.45) is 2.21. The topological polar surface area (TPSA) is 79.5 Å². The fourth-order valence-corrected chi connectivity index (χ4v) is 3.22. The number of halogens is 1. The van der Waals surface area contributed by atoms with Crippen molar-refractivity contribution in [3.8, 4) is 0 Å². The molecule has 0 aliphatic carbocycles. The second-order valence-electron chi connectivity index (χ2n) is 6.53. The fraction of sp³-hybridized carbons (Fsp3) is 0.143. The van der Waals surface area contributed by atoms with E-state index in [1.807, 2.05) is 30.5 Å². The molecular weight excluding hydrogens is 349 g/mol. The summed E-state index contributed by atoms with van der Waals surface area (Å²) in [6.45, 7) is 4.47. The number of aromatic nitrogens is 1. The van der Waals surface area contributed by atoms with E-state index in [2.05, 4.69) is 6.07 Å². The summed E-state index contributed by atoms with van der Waals surface area (Å²) < 4.78 is 15.6. The number of aryl methyl sites for hydroxylation is 2. The van der Waals surface area contributed by atoms with Crippen molar-refractivity contribution in [2.24, 2.45) is 0 Å². The number of carboxylic acid groups (broad SMARTS) is 1. The highest BCUT2D eigenvalue weighted by molar-refractivity contribution is 6.38. The van der Waals surface area contributed by atoms with Crippen LogP contribution < -0.4 is 0 Å². The molecule has 138 valence electrons. The van der Waals surface area contributed by atoms with E-state index in [0.29, 0.717) is 23.5 Å². The van der Waals surface area contributed by atoms with Crippen molar-refractivity contribution in [2.75, 3.05) is 0 Å². The number of aliphatic carboxylic acids is 1. The fourth-order valence-electron chi connectivity index (χ4n) is 3.22. The lowest BCUT2D eigenvalue weighted by Crippen LogP contribution is -2.09. The molecule has 0 amide bonds. The van der Waals surface area contributed by atoms with Crippen LogP contribution in [0.2, 0.25) is 0 Å². The van der Waals surface area contributed by atoms with Crippen LogP contribution in [0.3, 0.4) is 0 Å². The smallest absolute Gasteiger partial charge is 0.376 e. The lowest BCUT2D eigenvalue weighted by molar-refractivity contribution is -0.146. The summed E-state index contributed by atoms with van der Waals surface area (Å²) in [5, 5.41) is 19.3. The molecule has 5 nitrogen and oxygen atoms in total. The number of carbonyl (C=O) groups excluding carboxylic acids is 1. The number of rotatable bonds is 5. The number of nitrogens with zero attached hydrogens (tertiary/aromatic N) is 1. The number of fused-ring (bicyclic) bond motifs is 1. The van der Waals surface area contributed by atoms with Crippen LogP contribution in [-0.2, 0) is 16.1 Å². The van der Waals surface area contributed by atoms with Gasteiger partial charge in [0.05, 0.1) is 0 Å². The van der Waals surface area contributed by atoms with Crippen molar-refractivity contribution < 1.29 is 24.2 Å². The third-order valence-corrected chi connectivity index (χ3v) is 4.23. The van der Waals surface area contributed by atoms with Crippen LogP contribution in [0.15, 0.2) is 48.7 Å². The van der Waals surface area contributed by atoms with E-state index in [4.69, 9.17) is 5.11 Å². The largest absolute Gasteiger partial charge is 0.507 e. The Kier molecular flexibility index (Phi) is 4.81. The van der Waals surface area contributed by atoms with Gasteiger partial charge >= 0.3 is 5.97 Å². The van der Waals surface area contributed by atoms with Gasteiger partial charge in [0.1, 0.15) is 11.6 Å². The summed E-state index contributed by atoms with van der Waals surface area (Å²) in [7, 11) is 0. The van der Waals surface area contributed by atoms with Crippen LogP contribution in [-0.4, -0.2) is 26.5 Å². The molecule has 0 radical (unpaired) electrons. The van der Waals surface area contributed by atoms with Crippen molar-refractivity contribution in [3.05, 3.63) is 76.7 Å². The van der Waals surface area contributed by atoms with Gasteiger partial charge < -0.3 is 14.8 Å². The zero-order chi connectivity index (χ0) is 19.7. The summed E-state index contributed by atoms with van der Waals surface area (Å²) in [5.74, 6) is -3.94. The number of aliphatic hydroxyl groups is 1. The average molecular weight is 367 g/mol. The molecule has 0 aliphatic heterocycles. The normalized spacial score (nSPS) is 11.7. The molecule has 1 aromatic heterocycles. The third kappa shape index (κ3) is 3.89. The standard InChI is InChI=1S/C21H18FNO4/c1-12-5-13(2)7-14(6-12)10-23-11-17(19(24)9-20(25)21(26)27)16-8-15(22)3-4-18(16)23/h3-9,11,24H,10H2,1-2H3,(H,26,27)/b19-9-. The molecule has 27 heavy (non-hydrogen) atoms. The van der Waals surface area contributed by atoms with Gasteiger partial charge in [0, 0.05) is 35.3 Å². The number of benzene rings is 2. The highest BCUT2D eigenvalue weighted by Gasteiger charge is 2.16. The van der Waals surface area contributed by atoms with Crippen molar-refractivity contribution in [3.63, 3.8) is 0 Å². The van der Waals surface area contributed by atoms with Gasteiger partial charge in [-0.15, -0.1) is 0 Å². The molecule has 3 rings (SSSR count). The number of carbonyl (C=O) groups is 2. The van der Waals surface area contributed by atoms with Gasteiger partial charge in [0.15, 0.2) is 0 Å². The molecule has 2 aromatic carbocycles. The quantitative estimate of drug-likeness (QED) is 0.406. The van der Waals surface area contributed by atoms with Crippen molar-refractivity contribution in [1.82, 2.24) is 4.57 Å². The minimum atomic E-state index is -1.67. The first-order chi connectivity index (χ1) is 12.7. The Labute approximate surface area is 155 Å². The van der Waals surface area contributed by atoms with E-state index in [-0.39, 0.29) is 5.56 Å². The van der Waals surface area contributed by atoms with Gasteiger partial charge in [-0.1, -0.05) is 29.3 Å². The molecule has 6 heteroatoms. The first-order valence-electron chi connectivity index (χ1n) is 8.28. The van der Waals surface area contributed by atoms with E-state index >= 15 is 0 Å². The van der Waals surface area contributed by atoms with Gasteiger partial charge in [-0.05, 0) is 37.6 Å². The lowest BCUT2D eigenvalue weighted by Gasteiger charge is -2.08. The van der Waals surface area contributed by atoms with Gasteiger partial charge in [-0.25, -0.2) is 9.18 Å². The summed E-state index contributed by atoms with van der Waals surface area (Å²) in [4.78, 5) is 22.1. The summed E-state index contributed by atoms with van der Waals surface area (Å²) in [5.41, 5.74) is 4.12. The van der Waals surface area contributed by atoms with E-state index in [0.717, 1.165) is 16.7 Å². The van der Waals surface area contributed by atoms with Crippen LogP contribution in [0.5, 0.6) is 0 Å². The predicted octanol–water partition coefficient (Wildman–Crippen LogP) is 4.00. The summed E-state index contributed by atoms with van der Waals surface area (Å²) >= 11 is 0. The Balaban J connectivity index is 2.12.